The van der Waals surface area contributed by atoms with Crippen LogP contribution in [-0.4, -0.2) is 67.9 Å². The number of hydrogen-bond donors (Lipinski definition) is 1. The third-order valence-corrected chi connectivity index (χ3v) is 5.86. The van der Waals surface area contributed by atoms with E-state index in [1.807, 2.05) is 23.1 Å². The molecule has 1 aromatic rings. The summed E-state index contributed by atoms with van der Waals surface area (Å²) in [6, 6.07) is 9.92. The summed E-state index contributed by atoms with van der Waals surface area (Å²) in [4.78, 5) is 16.9. The molecule has 2 N–H and O–H groups in total. The molecule has 8 heteroatoms. The summed E-state index contributed by atoms with van der Waals surface area (Å²) in [5.41, 5.74) is 7.24. The molecule has 154 valence electrons. The van der Waals surface area contributed by atoms with Gasteiger partial charge in [-0.2, -0.15) is 0 Å². The van der Waals surface area contributed by atoms with Gasteiger partial charge in [-0.25, -0.2) is 8.42 Å². The molecule has 2 unspecified atom stereocenters. The minimum absolute atomic E-state index is 0. The molecule has 1 heterocycles. The van der Waals surface area contributed by atoms with Gasteiger partial charge in [-0.1, -0.05) is 43.7 Å². The predicted octanol–water partition coefficient (Wildman–Crippen LogP) is 1.68. The van der Waals surface area contributed by atoms with Crippen LogP contribution in [0.1, 0.15) is 31.7 Å². The van der Waals surface area contributed by atoms with E-state index in [0.717, 1.165) is 25.9 Å². The number of piperazine rings is 1. The SMILES string of the molecule is CCCC1CN(C(=O)C(N)CCS(C)(=O)=O)CCN1Cc1ccccc1.Cl. The molecular formula is C19H32ClN3O3S. The van der Waals surface area contributed by atoms with Crippen LogP contribution in [0, 0.1) is 0 Å². The Hall–Kier alpha value is -1.15. The van der Waals surface area contributed by atoms with Gasteiger partial charge in [0, 0.05) is 38.5 Å². The maximum atomic E-state index is 12.6. The molecule has 1 aliphatic rings. The highest BCUT2D eigenvalue weighted by molar-refractivity contribution is 7.90. The predicted molar refractivity (Wildman–Crippen MR) is 112 cm³/mol. The molecule has 2 atom stereocenters. The van der Waals surface area contributed by atoms with Crippen molar-refractivity contribution in [2.24, 2.45) is 5.73 Å². The van der Waals surface area contributed by atoms with E-state index in [1.165, 1.54) is 11.8 Å². The Morgan fingerprint density at radius 3 is 2.52 bits per heavy atom. The maximum Gasteiger partial charge on any atom is 0.239 e. The van der Waals surface area contributed by atoms with Crippen LogP contribution in [0.5, 0.6) is 0 Å². The van der Waals surface area contributed by atoms with Crippen molar-refractivity contribution in [3.05, 3.63) is 35.9 Å². The van der Waals surface area contributed by atoms with Gasteiger partial charge in [-0.15, -0.1) is 12.4 Å². The summed E-state index contributed by atoms with van der Waals surface area (Å²) in [5, 5.41) is 0. The number of amides is 1. The third kappa shape index (κ3) is 7.78. The van der Waals surface area contributed by atoms with E-state index in [9.17, 15) is 13.2 Å². The van der Waals surface area contributed by atoms with Gasteiger partial charge >= 0.3 is 0 Å². The lowest BCUT2D eigenvalue weighted by Crippen LogP contribution is -2.57. The van der Waals surface area contributed by atoms with Crippen molar-refractivity contribution < 1.29 is 13.2 Å². The van der Waals surface area contributed by atoms with E-state index >= 15 is 0 Å². The fourth-order valence-electron chi connectivity index (χ4n) is 3.43. The molecule has 0 spiro atoms. The van der Waals surface area contributed by atoms with Crippen LogP contribution in [0.2, 0.25) is 0 Å². The van der Waals surface area contributed by atoms with Gasteiger partial charge in [0.25, 0.3) is 0 Å². The monoisotopic (exact) mass is 417 g/mol. The van der Waals surface area contributed by atoms with Crippen LogP contribution in [0.3, 0.4) is 0 Å². The van der Waals surface area contributed by atoms with Crippen LogP contribution in [0.25, 0.3) is 0 Å². The Kier molecular flexibility index (Phi) is 9.73. The van der Waals surface area contributed by atoms with Gasteiger partial charge in [-0.05, 0) is 18.4 Å². The zero-order chi connectivity index (χ0) is 19.2. The van der Waals surface area contributed by atoms with Gasteiger partial charge in [0.05, 0.1) is 11.8 Å². The van der Waals surface area contributed by atoms with E-state index in [2.05, 4.69) is 24.0 Å². The Morgan fingerprint density at radius 2 is 1.93 bits per heavy atom. The molecule has 1 aliphatic heterocycles. The summed E-state index contributed by atoms with van der Waals surface area (Å²) in [7, 11) is -3.11. The number of halogens is 1. The second-order valence-electron chi connectivity index (χ2n) is 7.21. The molecule has 1 fully saturated rings. The summed E-state index contributed by atoms with van der Waals surface area (Å²) >= 11 is 0. The van der Waals surface area contributed by atoms with Crippen molar-refractivity contribution in [1.29, 1.82) is 0 Å². The van der Waals surface area contributed by atoms with Crippen LogP contribution >= 0.6 is 12.4 Å². The number of carbonyl (C=O) groups is 1. The third-order valence-electron chi connectivity index (χ3n) is 4.88. The van der Waals surface area contributed by atoms with Gasteiger partial charge in [0.2, 0.25) is 5.91 Å². The smallest absolute Gasteiger partial charge is 0.239 e. The van der Waals surface area contributed by atoms with Crippen molar-refractivity contribution in [1.82, 2.24) is 9.80 Å². The number of hydrogen-bond acceptors (Lipinski definition) is 5. The molecule has 1 amide bonds. The number of rotatable bonds is 8. The standard InChI is InChI=1S/C19H31N3O3S.ClH/c1-3-7-17-15-22(19(23)18(20)10-13-26(2,24)25)12-11-21(17)14-16-8-5-4-6-9-16;/h4-6,8-9,17-18H,3,7,10-15,20H2,1-2H3;1H. The fourth-order valence-corrected chi connectivity index (χ4v) is 4.11. The Labute approximate surface area is 169 Å². The molecular weight excluding hydrogens is 386 g/mol. The van der Waals surface area contributed by atoms with Crippen molar-refractivity contribution in [2.75, 3.05) is 31.6 Å². The molecule has 0 aromatic heterocycles. The molecule has 0 saturated carbocycles. The molecule has 1 saturated heterocycles. The highest BCUT2D eigenvalue weighted by Gasteiger charge is 2.31. The Bertz CT molecular complexity index is 685. The van der Waals surface area contributed by atoms with E-state index in [4.69, 9.17) is 5.73 Å². The molecule has 0 aliphatic carbocycles. The minimum atomic E-state index is -3.11. The highest BCUT2D eigenvalue weighted by Crippen LogP contribution is 2.18. The first kappa shape index (κ1) is 23.9. The molecule has 27 heavy (non-hydrogen) atoms. The average molecular weight is 418 g/mol. The van der Waals surface area contributed by atoms with E-state index < -0.39 is 15.9 Å². The number of nitrogens with two attached hydrogens (primary N) is 1. The van der Waals surface area contributed by atoms with Crippen LogP contribution in [-0.2, 0) is 21.2 Å². The zero-order valence-electron chi connectivity index (χ0n) is 16.2. The van der Waals surface area contributed by atoms with Crippen molar-refractivity contribution in [3.63, 3.8) is 0 Å². The first-order chi connectivity index (χ1) is 12.3. The lowest BCUT2D eigenvalue weighted by Gasteiger charge is -2.42. The average Bonchev–Trinajstić information content (AvgIpc) is 2.61. The first-order valence-corrected chi connectivity index (χ1v) is 11.4. The molecule has 0 radical (unpaired) electrons. The van der Waals surface area contributed by atoms with E-state index in [1.54, 1.807) is 0 Å². The second-order valence-corrected chi connectivity index (χ2v) is 9.47. The molecule has 0 bridgehead atoms. The minimum Gasteiger partial charge on any atom is -0.338 e. The fraction of sp³-hybridized carbons (Fsp3) is 0.632. The van der Waals surface area contributed by atoms with Crippen molar-refractivity contribution in [2.45, 2.75) is 44.8 Å². The van der Waals surface area contributed by atoms with Gasteiger partial charge in [0.15, 0.2) is 0 Å². The van der Waals surface area contributed by atoms with E-state index in [0.29, 0.717) is 19.1 Å². The highest BCUT2D eigenvalue weighted by atomic mass is 35.5. The Balaban J connectivity index is 0.00000364. The lowest BCUT2D eigenvalue weighted by atomic mass is 10.0. The van der Waals surface area contributed by atoms with Crippen LogP contribution < -0.4 is 5.73 Å². The van der Waals surface area contributed by atoms with Gasteiger partial charge < -0.3 is 10.6 Å². The van der Waals surface area contributed by atoms with E-state index in [-0.39, 0.29) is 30.5 Å². The first-order valence-electron chi connectivity index (χ1n) is 9.30. The van der Waals surface area contributed by atoms with Crippen molar-refractivity contribution in [3.8, 4) is 0 Å². The Morgan fingerprint density at radius 1 is 1.26 bits per heavy atom. The van der Waals surface area contributed by atoms with Gasteiger partial charge in [-0.3, -0.25) is 9.69 Å². The second kappa shape index (κ2) is 11.0. The summed E-state index contributed by atoms with van der Waals surface area (Å²) in [6.07, 6.45) is 3.43. The lowest BCUT2D eigenvalue weighted by molar-refractivity contribution is -0.135. The molecule has 2 rings (SSSR count). The van der Waals surface area contributed by atoms with Crippen LogP contribution in [0.4, 0.5) is 0 Å². The normalized spacial score (nSPS) is 19.4. The topological polar surface area (TPSA) is 83.7 Å². The number of benzene rings is 1. The largest absolute Gasteiger partial charge is 0.338 e. The number of carbonyl (C=O) groups excluding carboxylic acids is 1. The van der Waals surface area contributed by atoms with Crippen LogP contribution in [0.15, 0.2) is 30.3 Å². The molecule has 6 nitrogen and oxygen atoms in total. The zero-order valence-corrected chi connectivity index (χ0v) is 17.8. The summed E-state index contributed by atoms with van der Waals surface area (Å²) in [6.45, 7) is 5.14. The summed E-state index contributed by atoms with van der Waals surface area (Å²) < 4.78 is 22.6. The number of sulfone groups is 1. The number of nitrogens with zero attached hydrogens (tertiary/aromatic N) is 2. The van der Waals surface area contributed by atoms with Crippen molar-refractivity contribution >= 4 is 28.2 Å². The maximum absolute atomic E-state index is 12.6. The molecule has 1 aromatic carbocycles. The van der Waals surface area contributed by atoms with Gasteiger partial charge in [0.1, 0.15) is 9.84 Å². The quantitative estimate of drug-likeness (QED) is 0.695. The summed E-state index contributed by atoms with van der Waals surface area (Å²) in [5.74, 6) is -0.180.